The standard InChI is InChI=1S/C11H14F3N/c1-10(2,7-15)8-4-3-5-9(6-8)11(12,13)14/h3-6H,7,15H2,1-2H3. The summed E-state index contributed by atoms with van der Waals surface area (Å²) in [6.45, 7) is 3.96. The predicted molar refractivity (Wildman–Crippen MR) is 53.5 cm³/mol. The summed E-state index contributed by atoms with van der Waals surface area (Å²) < 4.78 is 37.3. The van der Waals surface area contributed by atoms with Crippen molar-refractivity contribution >= 4 is 0 Å². The van der Waals surface area contributed by atoms with Gasteiger partial charge >= 0.3 is 6.18 Å². The maximum Gasteiger partial charge on any atom is 0.416 e. The van der Waals surface area contributed by atoms with Crippen LogP contribution in [0.5, 0.6) is 0 Å². The largest absolute Gasteiger partial charge is 0.416 e. The van der Waals surface area contributed by atoms with E-state index in [1.54, 1.807) is 6.07 Å². The first kappa shape index (κ1) is 12.0. The summed E-state index contributed by atoms with van der Waals surface area (Å²) >= 11 is 0. The van der Waals surface area contributed by atoms with E-state index in [4.69, 9.17) is 5.73 Å². The van der Waals surface area contributed by atoms with Gasteiger partial charge in [-0.1, -0.05) is 32.0 Å². The first-order valence-corrected chi connectivity index (χ1v) is 4.65. The van der Waals surface area contributed by atoms with Gasteiger partial charge < -0.3 is 5.73 Å². The van der Waals surface area contributed by atoms with Crippen molar-refractivity contribution in [2.45, 2.75) is 25.4 Å². The number of rotatable bonds is 2. The highest BCUT2D eigenvalue weighted by atomic mass is 19.4. The summed E-state index contributed by atoms with van der Waals surface area (Å²) in [5.74, 6) is 0. The molecule has 1 aromatic carbocycles. The molecule has 0 amide bonds. The molecule has 0 saturated heterocycles. The van der Waals surface area contributed by atoms with Crippen LogP contribution in [0.1, 0.15) is 25.0 Å². The number of nitrogens with two attached hydrogens (primary N) is 1. The fraction of sp³-hybridized carbons (Fsp3) is 0.455. The van der Waals surface area contributed by atoms with Crippen LogP contribution >= 0.6 is 0 Å². The van der Waals surface area contributed by atoms with Gasteiger partial charge in [0.2, 0.25) is 0 Å². The zero-order valence-corrected chi connectivity index (χ0v) is 8.73. The molecular formula is C11H14F3N. The van der Waals surface area contributed by atoms with E-state index in [0.29, 0.717) is 12.1 Å². The quantitative estimate of drug-likeness (QED) is 0.809. The van der Waals surface area contributed by atoms with E-state index >= 15 is 0 Å². The van der Waals surface area contributed by atoms with Gasteiger partial charge in [0, 0.05) is 12.0 Å². The van der Waals surface area contributed by atoms with Crippen molar-refractivity contribution in [3.63, 3.8) is 0 Å². The summed E-state index contributed by atoms with van der Waals surface area (Å²) in [5, 5.41) is 0. The summed E-state index contributed by atoms with van der Waals surface area (Å²) in [5.41, 5.74) is 5.07. The molecule has 0 aliphatic carbocycles. The van der Waals surface area contributed by atoms with Crippen LogP contribution in [0, 0.1) is 0 Å². The first-order valence-electron chi connectivity index (χ1n) is 4.65. The van der Waals surface area contributed by atoms with Crippen LogP contribution in [0.25, 0.3) is 0 Å². The Hall–Kier alpha value is -1.03. The zero-order chi connectivity index (χ0) is 11.7. The molecule has 1 nitrogen and oxygen atoms in total. The summed E-state index contributed by atoms with van der Waals surface area (Å²) in [6.07, 6.45) is -4.29. The molecule has 1 rings (SSSR count). The molecule has 0 spiro atoms. The minimum absolute atomic E-state index is 0.314. The van der Waals surface area contributed by atoms with E-state index in [-0.39, 0.29) is 0 Å². The molecule has 0 aliphatic heterocycles. The minimum Gasteiger partial charge on any atom is -0.330 e. The lowest BCUT2D eigenvalue weighted by Gasteiger charge is -2.23. The Morgan fingerprint density at radius 3 is 2.13 bits per heavy atom. The van der Waals surface area contributed by atoms with Crippen molar-refractivity contribution in [2.75, 3.05) is 6.54 Å². The molecule has 84 valence electrons. The van der Waals surface area contributed by atoms with Crippen molar-refractivity contribution in [1.29, 1.82) is 0 Å². The third-order valence-corrected chi connectivity index (χ3v) is 2.48. The Balaban J connectivity index is 3.14. The second kappa shape index (κ2) is 3.85. The molecule has 0 unspecified atom stereocenters. The molecule has 0 aromatic heterocycles. The highest BCUT2D eigenvalue weighted by Crippen LogP contribution is 2.32. The monoisotopic (exact) mass is 217 g/mol. The molecule has 0 radical (unpaired) electrons. The molecule has 2 N–H and O–H groups in total. The molecule has 1 aromatic rings. The van der Waals surface area contributed by atoms with Gasteiger partial charge in [0.05, 0.1) is 5.56 Å². The lowest BCUT2D eigenvalue weighted by Crippen LogP contribution is -2.28. The fourth-order valence-corrected chi connectivity index (χ4v) is 1.23. The molecule has 0 heterocycles. The lowest BCUT2D eigenvalue weighted by atomic mass is 9.84. The third-order valence-electron chi connectivity index (χ3n) is 2.48. The third kappa shape index (κ3) is 2.72. The van der Waals surface area contributed by atoms with E-state index in [9.17, 15) is 13.2 Å². The number of benzene rings is 1. The fourth-order valence-electron chi connectivity index (χ4n) is 1.23. The highest BCUT2D eigenvalue weighted by Gasteiger charge is 2.31. The van der Waals surface area contributed by atoms with Crippen LogP contribution in [0.2, 0.25) is 0 Å². The van der Waals surface area contributed by atoms with Gasteiger partial charge in [0.15, 0.2) is 0 Å². The lowest BCUT2D eigenvalue weighted by molar-refractivity contribution is -0.137. The van der Waals surface area contributed by atoms with Gasteiger partial charge in [-0.05, 0) is 11.6 Å². The molecule has 0 saturated carbocycles. The second-order valence-corrected chi connectivity index (χ2v) is 4.17. The van der Waals surface area contributed by atoms with Crippen molar-refractivity contribution in [3.8, 4) is 0 Å². The average molecular weight is 217 g/mol. The number of halogens is 3. The topological polar surface area (TPSA) is 26.0 Å². The van der Waals surface area contributed by atoms with Crippen molar-refractivity contribution in [1.82, 2.24) is 0 Å². The van der Waals surface area contributed by atoms with Crippen LogP contribution < -0.4 is 5.73 Å². The van der Waals surface area contributed by atoms with E-state index < -0.39 is 17.2 Å². The number of alkyl halides is 3. The van der Waals surface area contributed by atoms with Gasteiger partial charge in [-0.3, -0.25) is 0 Å². The molecule has 15 heavy (non-hydrogen) atoms. The van der Waals surface area contributed by atoms with Crippen molar-refractivity contribution in [2.24, 2.45) is 5.73 Å². The first-order chi connectivity index (χ1) is 6.77. The number of hydrogen-bond acceptors (Lipinski definition) is 1. The van der Waals surface area contributed by atoms with E-state index in [1.165, 1.54) is 6.07 Å². The van der Waals surface area contributed by atoms with Gasteiger partial charge in [-0.2, -0.15) is 13.2 Å². The van der Waals surface area contributed by atoms with Crippen molar-refractivity contribution < 1.29 is 13.2 Å². The highest BCUT2D eigenvalue weighted by molar-refractivity contribution is 5.31. The Labute approximate surface area is 87.1 Å². The summed E-state index contributed by atoms with van der Waals surface area (Å²) in [7, 11) is 0. The molecule has 0 bridgehead atoms. The SMILES string of the molecule is CC(C)(CN)c1cccc(C(F)(F)F)c1. The summed E-state index contributed by atoms with van der Waals surface area (Å²) in [4.78, 5) is 0. The van der Waals surface area contributed by atoms with Crippen LogP contribution in [0.15, 0.2) is 24.3 Å². The Kier molecular flexibility index (Phi) is 3.09. The second-order valence-electron chi connectivity index (χ2n) is 4.17. The Bertz CT molecular complexity index is 342. The van der Waals surface area contributed by atoms with Gasteiger partial charge in [-0.25, -0.2) is 0 Å². The smallest absolute Gasteiger partial charge is 0.330 e. The Morgan fingerprint density at radius 2 is 1.67 bits per heavy atom. The molecule has 0 fully saturated rings. The maximum atomic E-state index is 12.4. The van der Waals surface area contributed by atoms with Crippen LogP contribution in [0.4, 0.5) is 13.2 Å². The van der Waals surface area contributed by atoms with Gasteiger partial charge in [-0.15, -0.1) is 0 Å². The van der Waals surface area contributed by atoms with Gasteiger partial charge in [0.1, 0.15) is 0 Å². The average Bonchev–Trinajstić information content (AvgIpc) is 2.17. The van der Waals surface area contributed by atoms with E-state index in [1.807, 2.05) is 13.8 Å². The predicted octanol–water partition coefficient (Wildman–Crippen LogP) is 2.94. The van der Waals surface area contributed by atoms with Crippen LogP contribution in [-0.4, -0.2) is 6.54 Å². The maximum absolute atomic E-state index is 12.4. The minimum atomic E-state index is -4.29. The number of hydrogen-bond donors (Lipinski definition) is 1. The zero-order valence-electron chi connectivity index (χ0n) is 8.73. The van der Waals surface area contributed by atoms with Gasteiger partial charge in [0.25, 0.3) is 0 Å². The molecule has 0 atom stereocenters. The van der Waals surface area contributed by atoms with Crippen LogP contribution in [0.3, 0.4) is 0 Å². The Morgan fingerprint density at radius 1 is 1.13 bits per heavy atom. The van der Waals surface area contributed by atoms with E-state index in [0.717, 1.165) is 12.1 Å². The molecule has 0 aliphatic rings. The normalized spacial score (nSPS) is 12.9. The molecular weight excluding hydrogens is 203 g/mol. The molecule has 4 heteroatoms. The summed E-state index contributed by atoms with van der Waals surface area (Å²) in [6, 6.07) is 5.31. The van der Waals surface area contributed by atoms with Crippen LogP contribution in [-0.2, 0) is 11.6 Å². The van der Waals surface area contributed by atoms with E-state index in [2.05, 4.69) is 0 Å². The van der Waals surface area contributed by atoms with Crippen molar-refractivity contribution in [3.05, 3.63) is 35.4 Å².